The van der Waals surface area contributed by atoms with Gasteiger partial charge in [-0.05, 0) is 60.7 Å². The van der Waals surface area contributed by atoms with Gasteiger partial charge in [0.25, 0.3) is 11.8 Å². The van der Waals surface area contributed by atoms with Gasteiger partial charge in [0.2, 0.25) is 17.6 Å². The SMILES string of the molecule is COc1cc(C=CC2C3=CCC4C(=O)N(c5ccc(Cl)cc5)C(=O)C4C3CC3(Cl)C(=O)N(c4c(F)c(F)c(F)c(F)c4F)C(=O)C23Cl)ccc1O. The second-order valence-electron chi connectivity index (χ2n) is 12.5. The first-order valence-electron chi connectivity index (χ1n) is 15.2. The molecule has 6 atom stereocenters. The molecule has 3 fully saturated rings. The molecule has 16 heteroatoms. The van der Waals surface area contributed by atoms with Gasteiger partial charge in [-0.15, -0.1) is 23.2 Å². The molecule has 0 spiro atoms. The van der Waals surface area contributed by atoms with Gasteiger partial charge in [-0.3, -0.25) is 24.1 Å². The minimum absolute atomic E-state index is 0.0196. The molecule has 7 rings (SSSR count). The lowest BCUT2D eigenvalue weighted by Gasteiger charge is -2.49. The van der Waals surface area contributed by atoms with Crippen molar-refractivity contribution in [2.45, 2.75) is 22.6 Å². The van der Waals surface area contributed by atoms with Crippen molar-refractivity contribution in [1.82, 2.24) is 0 Å². The number of imide groups is 2. The fourth-order valence-corrected chi connectivity index (χ4v) is 8.68. The number of phenols is 1. The average Bonchev–Trinajstić information content (AvgIpc) is 3.45. The molecule has 8 nitrogen and oxygen atoms in total. The van der Waals surface area contributed by atoms with Gasteiger partial charge < -0.3 is 9.84 Å². The molecule has 4 aliphatic rings. The van der Waals surface area contributed by atoms with Crippen LogP contribution in [-0.2, 0) is 19.2 Å². The van der Waals surface area contributed by atoms with Crippen molar-refractivity contribution in [2.75, 3.05) is 16.9 Å². The Hall–Kier alpha value is -4.46. The van der Waals surface area contributed by atoms with Crippen LogP contribution >= 0.6 is 34.8 Å². The third-order valence-electron chi connectivity index (χ3n) is 10.0. The van der Waals surface area contributed by atoms with E-state index in [1.807, 2.05) is 0 Å². The Morgan fingerprint density at radius 2 is 1.47 bits per heavy atom. The summed E-state index contributed by atoms with van der Waals surface area (Å²) < 4.78 is 78.4. The molecular formula is C35H22Cl3F5N2O6. The molecule has 3 aromatic carbocycles. The van der Waals surface area contributed by atoms with Gasteiger partial charge in [-0.1, -0.05) is 41.5 Å². The topological polar surface area (TPSA) is 104 Å². The fraction of sp³-hybridized carbons (Fsp3) is 0.257. The van der Waals surface area contributed by atoms with E-state index in [-0.39, 0.29) is 34.1 Å². The predicted molar refractivity (Wildman–Crippen MR) is 175 cm³/mol. The van der Waals surface area contributed by atoms with E-state index >= 15 is 8.78 Å². The molecule has 51 heavy (non-hydrogen) atoms. The first kappa shape index (κ1) is 35.0. The molecule has 2 aliphatic heterocycles. The summed E-state index contributed by atoms with van der Waals surface area (Å²) in [5.41, 5.74) is -0.992. The van der Waals surface area contributed by atoms with Crippen molar-refractivity contribution in [2.24, 2.45) is 23.7 Å². The number of rotatable bonds is 5. The quantitative estimate of drug-likeness (QED) is 0.0745. The summed E-state index contributed by atoms with van der Waals surface area (Å²) in [4.78, 5) is 51.8. The van der Waals surface area contributed by atoms with Crippen molar-refractivity contribution >= 4 is 75.9 Å². The number of carbonyl (C=O) groups excluding carboxylic acids is 4. The number of methoxy groups -OCH3 is 1. The first-order valence-corrected chi connectivity index (χ1v) is 16.4. The normalized spacial score (nSPS) is 28.7. The molecule has 2 saturated heterocycles. The molecule has 0 radical (unpaired) electrons. The Balaban J connectivity index is 1.40. The van der Waals surface area contributed by atoms with E-state index in [1.165, 1.54) is 61.7 Å². The molecule has 0 bridgehead atoms. The number of hydrogen-bond acceptors (Lipinski definition) is 6. The van der Waals surface area contributed by atoms with Crippen LogP contribution in [0.1, 0.15) is 18.4 Å². The summed E-state index contributed by atoms with van der Waals surface area (Å²) in [7, 11) is 1.30. The molecule has 1 saturated carbocycles. The van der Waals surface area contributed by atoms with E-state index in [0.29, 0.717) is 10.6 Å². The van der Waals surface area contributed by atoms with Crippen LogP contribution in [0.3, 0.4) is 0 Å². The third kappa shape index (κ3) is 4.77. The molecule has 2 heterocycles. The van der Waals surface area contributed by atoms with Gasteiger partial charge in [0.05, 0.1) is 24.6 Å². The molecule has 264 valence electrons. The van der Waals surface area contributed by atoms with Gasteiger partial charge in [-0.2, -0.15) is 0 Å². The number of ether oxygens (including phenoxy) is 1. The van der Waals surface area contributed by atoms with E-state index in [0.717, 1.165) is 4.90 Å². The number of hydrogen-bond donors (Lipinski definition) is 1. The van der Waals surface area contributed by atoms with Crippen molar-refractivity contribution in [3.05, 3.63) is 99.9 Å². The highest BCUT2D eigenvalue weighted by Crippen LogP contribution is 2.64. The van der Waals surface area contributed by atoms with Gasteiger partial charge in [-0.25, -0.2) is 26.9 Å². The number of phenolic OH excluding ortho intramolecular Hbond substituents is 1. The number of anilines is 2. The molecule has 0 aromatic heterocycles. The third-order valence-corrected chi connectivity index (χ3v) is 11.7. The number of alkyl halides is 2. The highest BCUT2D eigenvalue weighted by Gasteiger charge is 2.76. The highest BCUT2D eigenvalue weighted by atomic mass is 35.5. The average molecular weight is 768 g/mol. The zero-order valence-electron chi connectivity index (χ0n) is 25.9. The van der Waals surface area contributed by atoms with Crippen LogP contribution in [0.25, 0.3) is 6.08 Å². The van der Waals surface area contributed by atoms with Crippen LogP contribution < -0.4 is 14.5 Å². The van der Waals surface area contributed by atoms with Crippen molar-refractivity contribution < 1.29 is 51.0 Å². The molecule has 3 aromatic rings. The predicted octanol–water partition coefficient (Wildman–Crippen LogP) is 7.06. The number of carbonyl (C=O) groups is 4. The van der Waals surface area contributed by atoms with Crippen LogP contribution in [0.4, 0.5) is 33.3 Å². The zero-order chi connectivity index (χ0) is 36.9. The maximum atomic E-state index is 15.2. The van der Waals surface area contributed by atoms with Gasteiger partial charge >= 0.3 is 0 Å². The minimum atomic E-state index is -2.65. The zero-order valence-corrected chi connectivity index (χ0v) is 28.2. The highest BCUT2D eigenvalue weighted by molar-refractivity contribution is 6.58. The number of allylic oxidation sites excluding steroid dienone is 3. The second kappa shape index (κ2) is 12.1. The molecule has 2 aliphatic carbocycles. The molecular weight excluding hydrogens is 746 g/mol. The first-order chi connectivity index (χ1) is 24.1. The van der Waals surface area contributed by atoms with Crippen LogP contribution in [0.2, 0.25) is 5.02 Å². The van der Waals surface area contributed by atoms with Crippen molar-refractivity contribution in [3.8, 4) is 11.5 Å². The Morgan fingerprint density at radius 1 is 0.843 bits per heavy atom. The maximum Gasteiger partial charge on any atom is 0.258 e. The van der Waals surface area contributed by atoms with Gasteiger partial charge in [0.1, 0.15) is 5.69 Å². The van der Waals surface area contributed by atoms with Crippen molar-refractivity contribution in [1.29, 1.82) is 0 Å². The summed E-state index contributed by atoms with van der Waals surface area (Å²) in [6.45, 7) is 0. The Kier molecular flexibility index (Phi) is 8.27. The summed E-state index contributed by atoms with van der Waals surface area (Å²) in [6, 6.07) is 10.1. The van der Waals surface area contributed by atoms with E-state index in [2.05, 4.69) is 0 Å². The standard InChI is InChI=1S/C35H22Cl3F5N2O6/c1-51-22-12-14(3-11-21(22)46)2-10-20-17-8-9-18-23(31(48)44(30(18)47)16-6-4-15(36)5-7-16)19(17)13-34(37)32(49)45(33(50)35(20,34)38)29-27(42)25(40)24(39)26(41)28(29)43/h2-8,10-12,18-20,23,46H,9,13H2,1H3. The second-order valence-corrected chi connectivity index (χ2v) is 14.2. The van der Waals surface area contributed by atoms with Crippen LogP contribution in [0, 0.1) is 52.8 Å². The lowest BCUT2D eigenvalue weighted by molar-refractivity contribution is -0.125. The number of fused-ring (bicyclic) bond motifs is 4. The lowest BCUT2D eigenvalue weighted by atomic mass is 9.57. The summed E-state index contributed by atoms with van der Waals surface area (Å²) in [6.07, 6.45) is 3.69. The van der Waals surface area contributed by atoms with E-state index in [9.17, 15) is 37.5 Å². The lowest BCUT2D eigenvalue weighted by Crippen LogP contribution is -2.60. The van der Waals surface area contributed by atoms with Crippen LogP contribution in [0.5, 0.6) is 11.5 Å². The van der Waals surface area contributed by atoms with E-state index < -0.39 is 98.2 Å². The minimum Gasteiger partial charge on any atom is -0.504 e. The van der Waals surface area contributed by atoms with Crippen molar-refractivity contribution in [3.63, 3.8) is 0 Å². The summed E-state index contributed by atoms with van der Waals surface area (Å²) in [5.74, 6) is -21.5. The smallest absolute Gasteiger partial charge is 0.258 e. The van der Waals surface area contributed by atoms with Crippen LogP contribution in [0.15, 0.2) is 60.2 Å². The maximum absolute atomic E-state index is 15.2. The summed E-state index contributed by atoms with van der Waals surface area (Å²) >= 11 is 20.2. The number of benzene rings is 3. The Labute approximate surface area is 300 Å². The monoisotopic (exact) mass is 766 g/mol. The van der Waals surface area contributed by atoms with Gasteiger partial charge in [0.15, 0.2) is 44.5 Å². The number of amides is 4. The fourth-order valence-electron chi connectivity index (χ4n) is 7.66. The molecule has 1 N–H and O–H groups in total. The Bertz CT molecular complexity index is 2120. The molecule has 6 unspecified atom stereocenters. The number of halogens is 8. The molecule has 4 amide bonds. The van der Waals surface area contributed by atoms with Gasteiger partial charge in [0, 0.05) is 10.9 Å². The van der Waals surface area contributed by atoms with E-state index in [1.54, 1.807) is 6.08 Å². The van der Waals surface area contributed by atoms with E-state index in [4.69, 9.17) is 39.5 Å². The number of nitrogens with zero attached hydrogens (tertiary/aromatic N) is 2. The summed E-state index contributed by atoms with van der Waals surface area (Å²) in [5, 5.41) is 10.4. The largest absolute Gasteiger partial charge is 0.504 e. The number of aromatic hydroxyl groups is 1. The van der Waals surface area contributed by atoms with Crippen LogP contribution in [-0.4, -0.2) is 45.6 Å². The Morgan fingerprint density at radius 3 is 2.10 bits per heavy atom.